The van der Waals surface area contributed by atoms with Crippen LogP contribution < -0.4 is 5.32 Å². The highest BCUT2D eigenvalue weighted by atomic mass is 16.1. The van der Waals surface area contributed by atoms with Crippen molar-refractivity contribution in [3.05, 3.63) is 18.2 Å². The fourth-order valence-electron chi connectivity index (χ4n) is 1.32. The summed E-state index contributed by atoms with van der Waals surface area (Å²) in [7, 11) is 0. The molecule has 1 heterocycles. The summed E-state index contributed by atoms with van der Waals surface area (Å²) in [6.07, 6.45) is 4.96. The monoisotopic (exact) mass is 209 g/mol. The van der Waals surface area contributed by atoms with Gasteiger partial charge in [0.2, 0.25) is 5.91 Å². The largest absolute Gasteiger partial charge is 0.347 e. The second-order valence-corrected chi connectivity index (χ2v) is 4.20. The van der Waals surface area contributed by atoms with E-state index in [1.54, 1.807) is 12.4 Å². The summed E-state index contributed by atoms with van der Waals surface area (Å²) in [5.74, 6) is 1.45. The standard InChI is InChI=1S/C11H19N3O/c1-8(2)4-5-10(15)14-9(3)11-12-6-7-13-11/h6-9H,4-5H2,1-3H3,(H,12,13)(H,14,15). The van der Waals surface area contributed by atoms with E-state index in [1.165, 1.54) is 0 Å². The summed E-state index contributed by atoms with van der Waals surface area (Å²) < 4.78 is 0. The van der Waals surface area contributed by atoms with Crippen molar-refractivity contribution in [2.45, 2.75) is 39.7 Å². The van der Waals surface area contributed by atoms with Gasteiger partial charge in [0.15, 0.2) is 0 Å². The fourth-order valence-corrected chi connectivity index (χ4v) is 1.32. The van der Waals surface area contributed by atoms with Crippen molar-refractivity contribution in [3.8, 4) is 0 Å². The summed E-state index contributed by atoms with van der Waals surface area (Å²) in [6.45, 7) is 6.15. The second kappa shape index (κ2) is 5.53. The molecule has 0 aromatic carbocycles. The van der Waals surface area contributed by atoms with Crippen molar-refractivity contribution in [1.82, 2.24) is 15.3 Å². The lowest BCUT2D eigenvalue weighted by Gasteiger charge is -2.11. The molecule has 0 saturated heterocycles. The van der Waals surface area contributed by atoms with E-state index in [1.807, 2.05) is 6.92 Å². The number of nitrogens with one attached hydrogen (secondary N) is 2. The molecule has 0 aliphatic carbocycles. The van der Waals surface area contributed by atoms with E-state index in [2.05, 4.69) is 29.1 Å². The van der Waals surface area contributed by atoms with Gasteiger partial charge in [0.1, 0.15) is 5.82 Å². The van der Waals surface area contributed by atoms with E-state index in [4.69, 9.17) is 0 Å². The van der Waals surface area contributed by atoms with Crippen molar-refractivity contribution in [2.24, 2.45) is 5.92 Å². The number of carbonyl (C=O) groups is 1. The van der Waals surface area contributed by atoms with Crippen LogP contribution in [0.3, 0.4) is 0 Å². The number of carbonyl (C=O) groups excluding carboxylic acids is 1. The van der Waals surface area contributed by atoms with Crippen LogP contribution in [0.5, 0.6) is 0 Å². The Labute approximate surface area is 90.5 Å². The van der Waals surface area contributed by atoms with Gasteiger partial charge in [-0.3, -0.25) is 4.79 Å². The molecule has 0 radical (unpaired) electrons. The molecule has 84 valence electrons. The van der Waals surface area contributed by atoms with Crippen LogP contribution in [0, 0.1) is 5.92 Å². The third-order valence-corrected chi connectivity index (χ3v) is 2.26. The minimum absolute atomic E-state index is 0.0420. The molecule has 2 N–H and O–H groups in total. The Kier molecular flexibility index (Phi) is 4.34. The first-order valence-electron chi connectivity index (χ1n) is 5.38. The molecule has 4 nitrogen and oxygen atoms in total. The van der Waals surface area contributed by atoms with Gasteiger partial charge in [0.05, 0.1) is 6.04 Å². The quantitative estimate of drug-likeness (QED) is 0.779. The first-order valence-corrected chi connectivity index (χ1v) is 5.38. The van der Waals surface area contributed by atoms with E-state index in [-0.39, 0.29) is 11.9 Å². The summed E-state index contributed by atoms with van der Waals surface area (Å²) >= 11 is 0. The van der Waals surface area contributed by atoms with Gasteiger partial charge in [0, 0.05) is 18.8 Å². The van der Waals surface area contributed by atoms with E-state index in [0.29, 0.717) is 12.3 Å². The Morgan fingerprint density at radius 3 is 2.80 bits per heavy atom. The highest BCUT2D eigenvalue weighted by Crippen LogP contribution is 2.07. The molecule has 0 aliphatic rings. The minimum Gasteiger partial charge on any atom is -0.347 e. The molecule has 1 amide bonds. The van der Waals surface area contributed by atoms with Crippen LogP contribution in [0.25, 0.3) is 0 Å². The number of aromatic amines is 1. The van der Waals surface area contributed by atoms with Crippen LogP contribution in [-0.4, -0.2) is 15.9 Å². The molecule has 0 aliphatic heterocycles. The van der Waals surface area contributed by atoms with Gasteiger partial charge in [-0.2, -0.15) is 0 Å². The SMILES string of the molecule is CC(C)CCC(=O)NC(C)c1ncc[nH]1. The molecule has 1 atom stereocenters. The predicted molar refractivity (Wildman–Crippen MR) is 59.2 cm³/mol. The summed E-state index contributed by atoms with van der Waals surface area (Å²) in [5, 5.41) is 2.90. The molecular formula is C11H19N3O. The highest BCUT2D eigenvalue weighted by Gasteiger charge is 2.11. The molecular weight excluding hydrogens is 190 g/mol. The van der Waals surface area contributed by atoms with Gasteiger partial charge in [-0.15, -0.1) is 0 Å². The number of nitrogens with zero attached hydrogens (tertiary/aromatic N) is 1. The normalized spacial score (nSPS) is 12.8. The van der Waals surface area contributed by atoms with Crippen molar-refractivity contribution < 1.29 is 4.79 Å². The second-order valence-electron chi connectivity index (χ2n) is 4.20. The lowest BCUT2D eigenvalue weighted by Crippen LogP contribution is -2.27. The Balaban J connectivity index is 2.32. The molecule has 15 heavy (non-hydrogen) atoms. The molecule has 1 rings (SSSR count). The van der Waals surface area contributed by atoms with Crippen LogP contribution in [0.1, 0.15) is 45.5 Å². The molecule has 1 unspecified atom stereocenters. The first-order chi connectivity index (χ1) is 7.09. The number of rotatable bonds is 5. The molecule has 0 spiro atoms. The van der Waals surface area contributed by atoms with Gasteiger partial charge >= 0.3 is 0 Å². The first kappa shape index (κ1) is 11.8. The maximum Gasteiger partial charge on any atom is 0.220 e. The van der Waals surface area contributed by atoms with Crippen LogP contribution in [-0.2, 0) is 4.79 Å². The van der Waals surface area contributed by atoms with Crippen LogP contribution in [0.15, 0.2) is 12.4 Å². The summed E-state index contributed by atoms with van der Waals surface area (Å²) in [5.41, 5.74) is 0. The van der Waals surface area contributed by atoms with Crippen LogP contribution in [0.2, 0.25) is 0 Å². The Morgan fingerprint density at radius 2 is 2.27 bits per heavy atom. The Morgan fingerprint density at radius 1 is 1.53 bits per heavy atom. The van der Waals surface area contributed by atoms with Crippen LogP contribution in [0.4, 0.5) is 0 Å². The average molecular weight is 209 g/mol. The zero-order valence-corrected chi connectivity index (χ0v) is 9.58. The number of imidazole rings is 1. The Hall–Kier alpha value is -1.32. The molecule has 1 aromatic rings. The third kappa shape index (κ3) is 4.14. The third-order valence-electron chi connectivity index (χ3n) is 2.26. The van der Waals surface area contributed by atoms with E-state index in [0.717, 1.165) is 12.2 Å². The van der Waals surface area contributed by atoms with Gasteiger partial charge in [-0.25, -0.2) is 4.98 Å². The number of hydrogen-bond donors (Lipinski definition) is 2. The van der Waals surface area contributed by atoms with E-state index >= 15 is 0 Å². The lowest BCUT2D eigenvalue weighted by molar-refractivity contribution is -0.122. The zero-order valence-electron chi connectivity index (χ0n) is 9.58. The smallest absolute Gasteiger partial charge is 0.220 e. The summed E-state index contributed by atoms with van der Waals surface area (Å²) in [4.78, 5) is 18.6. The highest BCUT2D eigenvalue weighted by molar-refractivity contribution is 5.76. The maximum absolute atomic E-state index is 11.5. The molecule has 4 heteroatoms. The maximum atomic E-state index is 11.5. The predicted octanol–water partition coefficient (Wildman–Crippen LogP) is 2.02. The van der Waals surface area contributed by atoms with Gasteiger partial charge in [0.25, 0.3) is 0 Å². The molecule has 0 bridgehead atoms. The summed E-state index contributed by atoms with van der Waals surface area (Å²) in [6, 6.07) is -0.0420. The fraction of sp³-hybridized carbons (Fsp3) is 0.636. The van der Waals surface area contributed by atoms with Crippen molar-refractivity contribution >= 4 is 5.91 Å². The number of hydrogen-bond acceptors (Lipinski definition) is 2. The van der Waals surface area contributed by atoms with Gasteiger partial charge in [-0.1, -0.05) is 13.8 Å². The average Bonchev–Trinajstić information content (AvgIpc) is 2.67. The topological polar surface area (TPSA) is 57.8 Å². The number of amides is 1. The van der Waals surface area contributed by atoms with Gasteiger partial charge in [-0.05, 0) is 19.3 Å². The zero-order chi connectivity index (χ0) is 11.3. The van der Waals surface area contributed by atoms with Gasteiger partial charge < -0.3 is 10.3 Å². The number of aromatic nitrogens is 2. The number of H-pyrrole nitrogens is 1. The van der Waals surface area contributed by atoms with Crippen molar-refractivity contribution in [1.29, 1.82) is 0 Å². The Bertz CT molecular complexity index is 293. The van der Waals surface area contributed by atoms with Crippen LogP contribution >= 0.6 is 0 Å². The van der Waals surface area contributed by atoms with E-state index in [9.17, 15) is 4.79 Å². The minimum atomic E-state index is -0.0420. The lowest BCUT2D eigenvalue weighted by atomic mass is 10.1. The molecule has 0 fully saturated rings. The molecule has 0 saturated carbocycles. The molecule has 1 aromatic heterocycles. The van der Waals surface area contributed by atoms with Crippen molar-refractivity contribution in [2.75, 3.05) is 0 Å². The van der Waals surface area contributed by atoms with Crippen molar-refractivity contribution in [3.63, 3.8) is 0 Å². The van der Waals surface area contributed by atoms with E-state index < -0.39 is 0 Å².